The second-order valence-corrected chi connectivity index (χ2v) is 4.17. The van der Waals surface area contributed by atoms with Gasteiger partial charge < -0.3 is 11.1 Å². The second-order valence-electron chi connectivity index (χ2n) is 3.76. The van der Waals surface area contributed by atoms with Crippen LogP contribution >= 0.6 is 11.6 Å². The number of nitrogens with zero attached hydrogens (tertiary/aromatic N) is 2. The van der Waals surface area contributed by atoms with E-state index < -0.39 is 0 Å². The number of hydrogen-bond acceptors (Lipinski definition) is 4. The van der Waals surface area contributed by atoms with Gasteiger partial charge in [0, 0.05) is 6.54 Å². The van der Waals surface area contributed by atoms with Crippen molar-refractivity contribution < 1.29 is 0 Å². The van der Waals surface area contributed by atoms with Crippen LogP contribution in [0.3, 0.4) is 0 Å². The van der Waals surface area contributed by atoms with Gasteiger partial charge in [-0.2, -0.15) is 5.26 Å². The standard InChI is InChI=1S/C13H11ClN4/c14-12-5-11(16)8-18-13(12)17-7-10-3-1-2-9(4-10)6-15/h1-5,8H,7,16H2,(H,17,18). The van der Waals surface area contributed by atoms with Crippen LogP contribution in [0.5, 0.6) is 0 Å². The van der Waals surface area contributed by atoms with Crippen molar-refractivity contribution in [2.24, 2.45) is 0 Å². The first-order chi connectivity index (χ1) is 8.69. The molecular weight excluding hydrogens is 248 g/mol. The molecule has 2 rings (SSSR count). The Hall–Kier alpha value is -2.25. The van der Waals surface area contributed by atoms with Crippen molar-refractivity contribution in [1.82, 2.24) is 4.98 Å². The summed E-state index contributed by atoms with van der Waals surface area (Å²) in [5, 5.41) is 12.4. The Morgan fingerprint density at radius 3 is 2.94 bits per heavy atom. The summed E-state index contributed by atoms with van der Waals surface area (Å²) >= 11 is 6.00. The highest BCUT2D eigenvalue weighted by atomic mass is 35.5. The fourth-order valence-electron chi connectivity index (χ4n) is 1.52. The molecule has 90 valence electrons. The number of nitrogen functional groups attached to an aromatic ring is 1. The molecule has 4 nitrogen and oxygen atoms in total. The molecule has 0 fully saturated rings. The van der Waals surface area contributed by atoms with Gasteiger partial charge in [0.15, 0.2) is 0 Å². The third-order valence-corrected chi connectivity index (χ3v) is 2.67. The van der Waals surface area contributed by atoms with Crippen molar-refractivity contribution in [3.8, 4) is 6.07 Å². The van der Waals surface area contributed by atoms with E-state index in [4.69, 9.17) is 22.6 Å². The van der Waals surface area contributed by atoms with Crippen LogP contribution in [0, 0.1) is 11.3 Å². The Kier molecular flexibility index (Phi) is 3.66. The van der Waals surface area contributed by atoms with Crippen molar-refractivity contribution >= 4 is 23.1 Å². The number of nitrogens with two attached hydrogens (primary N) is 1. The maximum absolute atomic E-state index is 8.80. The molecule has 1 heterocycles. The van der Waals surface area contributed by atoms with E-state index in [0.29, 0.717) is 28.6 Å². The topological polar surface area (TPSA) is 74.7 Å². The van der Waals surface area contributed by atoms with Crippen molar-refractivity contribution in [1.29, 1.82) is 5.26 Å². The first-order valence-electron chi connectivity index (χ1n) is 5.33. The summed E-state index contributed by atoms with van der Waals surface area (Å²) in [5.41, 5.74) is 7.71. The first-order valence-corrected chi connectivity index (χ1v) is 5.71. The molecule has 0 aliphatic carbocycles. The Bertz CT molecular complexity index is 604. The van der Waals surface area contributed by atoms with Crippen LogP contribution < -0.4 is 11.1 Å². The van der Waals surface area contributed by atoms with E-state index in [1.54, 1.807) is 18.3 Å². The molecule has 2 aromatic rings. The number of benzene rings is 1. The third kappa shape index (κ3) is 2.90. The monoisotopic (exact) mass is 258 g/mol. The summed E-state index contributed by atoms with van der Waals surface area (Å²) in [6.07, 6.45) is 1.54. The zero-order chi connectivity index (χ0) is 13.0. The number of rotatable bonds is 3. The van der Waals surface area contributed by atoms with Crippen molar-refractivity contribution in [3.63, 3.8) is 0 Å². The average Bonchev–Trinajstić information content (AvgIpc) is 2.38. The lowest BCUT2D eigenvalue weighted by atomic mass is 10.1. The Balaban J connectivity index is 2.09. The van der Waals surface area contributed by atoms with Gasteiger partial charge in [-0.25, -0.2) is 4.98 Å². The van der Waals surface area contributed by atoms with E-state index in [2.05, 4.69) is 16.4 Å². The highest BCUT2D eigenvalue weighted by Crippen LogP contribution is 2.21. The second kappa shape index (κ2) is 5.39. The molecule has 0 atom stereocenters. The van der Waals surface area contributed by atoms with E-state index in [9.17, 15) is 0 Å². The quantitative estimate of drug-likeness (QED) is 0.888. The van der Waals surface area contributed by atoms with Crippen LogP contribution in [0.1, 0.15) is 11.1 Å². The van der Waals surface area contributed by atoms with Gasteiger partial charge in [0.1, 0.15) is 5.82 Å². The van der Waals surface area contributed by atoms with Gasteiger partial charge in [0.05, 0.1) is 28.5 Å². The third-order valence-electron chi connectivity index (χ3n) is 2.38. The van der Waals surface area contributed by atoms with Gasteiger partial charge in [-0.15, -0.1) is 0 Å². The number of halogens is 1. The number of nitrogens with one attached hydrogen (secondary N) is 1. The van der Waals surface area contributed by atoms with Crippen LogP contribution in [0.25, 0.3) is 0 Å². The number of nitriles is 1. The summed E-state index contributed by atoms with van der Waals surface area (Å²) < 4.78 is 0. The highest BCUT2D eigenvalue weighted by molar-refractivity contribution is 6.33. The molecule has 0 radical (unpaired) electrons. The van der Waals surface area contributed by atoms with E-state index in [-0.39, 0.29) is 0 Å². The molecule has 1 aromatic carbocycles. The van der Waals surface area contributed by atoms with Gasteiger partial charge in [0.2, 0.25) is 0 Å². The fraction of sp³-hybridized carbons (Fsp3) is 0.0769. The molecule has 5 heteroatoms. The molecule has 0 spiro atoms. The SMILES string of the molecule is N#Cc1cccc(CNc2ncc(N)cc2Cl)c1. The minimum absolute atomic E-state index is 0.478. The maximum Gasteiger partial charge on any atom is 0.145 e. The van der Waals surface area contributed by atoms with E-state index >= 15 is 0 Å². The predicted octanol–water partition coefficient (Wildman–Crippen LogP) is 2.80. The van der Waals surface area contributed by atoms with Gasteiger partial charge in [-0.05, 0) is 23.8 Å². The van der Waals surface area contributed by atoms with Gasteiger partial charge >= 0.3 is 0 Å². The van der Waals surface area contributed by atoms with Crippen LogP contribution in [0.4, 0.5) is 11.5 Å². The summed E-state index contributed by atoms with van der Waals surface area (Å²) in [5.74, 6) is 0.577. The molecule has 3 N–H and O–H groups in total. The zero-order valence-electron chi connectivity index (χ0n) is 9.52. The Morgan fingerprint density at radius 1 is 1.39 bits per heavy atom. The summed E-state index contributed by atoms with van der Waals surface area (Å²) in [7, 11) is 0. The average molecular weight is 259 g/mol. The number of pyridine rings is 1. The molecule has 0 saturated carbocycles. The normalized spacial score (nSPS) is 9.78. The molecular formula is C13H11ClN4. The summed E-state index contributed by atoms with van der Waals surface area (Å²) in [6.45, 7) is 0.548. The minimum atomic E-state index is 0.478. The Labute approximate surface area is 110 Å². The number of anilines is 2. The molecule has 1 aromatic heterocycles. The van der Waals surface area contributed by atoms with Gasteiger partial charge in [0.25, 0.3) is 0 Å². The van der Waals surface area contributed by atoms with Crippen molar-refractivity contribution in [2.45, 2.75) is 6.54 Å². The van der Waals surface area contributed by atoms with E-state index in [0.717, 1.165) is 5.56 Å². The van der Waals surface area contributed by atoms with E-state index in [1.165, 1.54) is 0 Å². The summed E-state index contributed by atoms with van der Waals surface area (Å²) in [6, 6.07) is 11.1. The molecule has 0 unspecified atom stereocenters. The van der Waals surface area contributed by atoms with Crippen molar-refractivity contribution in [3.05, 3.63) is 52.7 Å². The molecule has 0 aliphatic rings. The van der Waals surface area contributed by atoms with Gasteiger partial charge in [-0.1, -0.05) is 23.7 Å². The maximum atomic E-state index is 8.80. The van der Waals surface area contributed by atoms with Crippen LogP contribution in [-0.4, -0.2) is 4.98 Å². The molecule has 0 saturated heterocycles. The molecule has 18 heavy (non-hydrogen) atoms. The highest BCUT2D eigenvalue weighted by Gasteiger charge is 2.02. The fourth-order valence-corrected chi connectivity index (χ4v) is 1.76. The lowest BCUT2D eigenvalue weighted by molar-refractivity contribution is 1.11. The lowest BCUT2D eigenvalue weighted by Crippen LogP contribution is -2.02. The van der Waals surface area contributed by atoms with E-state index in [1.807, 2.05) is 18.2 Å². The van der Waals surface area contributed by atoms with Crippen LogP contribution in [0.2, 0.25) is 5.02 Å². The summed E-state index contributed by atoms with van der Waals surface area (Å²) in [4.78, 5) is 4.10. The number of aromatic nitrogens is 1. The van der Waals surface area contributed by atoms with Crippen molar-refractivity contribution in [2.75, 3.05) is 11.1 Å². The van der Waals surface area contributed by atoms with Crippen LogP contribution in [0.15, 0.2) is 36.5 Å². The largest absolute Gasteiger partial charge is 0.397 e. The Morgan fingerprint density at radius 2 is 2.22 bits per heavy atom. The molecule has 0 bridgehead atoms. The minimum Gasteiger partial charge on any atom is -0.397 e. The molecule has 0 aliphatic heterocycles. The smallest absolute Gasteiger partial charge is 0.145 e. The van der Waals surface area contributed by atoms with Gasteiger partial charge in [-0.3, -0.25) is 0 Å². The predicted molar refractivity (Wildman–Crippen MR) is 72.1 cm³/mol. The zero-order valence-corrected chi connectivity index (χ0v) is 10.3. The molecule has 0 amide bonds. The number of hydrogen-bond donors (Lipinski definition) is 2. The lowest BCUT2D eigenvalue weighted by Gasteiger charge is -2.08. The van der Waals surface area contributed by atoms with Crippen LogP contribution in [-0.2, 0) is 6.54 Å². The first kappa shape index (κ1) is 12.2.